The van der Waals surface area contributed by atoms with Crippen LogP contribution in [0.15, 0.2) is 36.4 Å². The van der Waals surface area contributed by atoms with Crippen LogP contribution in [0, 0.1) is 6.92 Å². The molecule has 0 aromatic heterocycles. The minimum absolute atomic E-state index is 0.0384. The molecule has 0 aliphatic carbocycles. The van der Waals surface area contributed by atoms with Crippen molar-refractivity contribution in [2.24, 2.45) is 0 Å². The average molecular weight is 366 g/mol. The van der Waals surface area contributed by atoms with Crippen molar-refractivity contribution < 1.29 is 22.7 Å². The van der Waals surface area contributed by atoms with Crippen molar-refractivity contribution in [2.75, 3.05) is 5.73 Å². The first-order valence-electron chi connectivity index (χ1n) is 8.09. The van der Waals surface area contributed by atoms with Gasteiger partial charge in [-0.25, -0.2) is 0 Å². The molecule has 0 aliphatic heterocycles. The van der Waals surface area contributed by atoms with Crippen LogP contribution in [-0.4, -0.2) is 12.0 Å². The fraction of sp³-hybridized carbons (Fsp3) is 0.316. The number of amides is 1. The van der Waals surface area contributed by atoms with E-state index in [1.54, 1.807) is 32.9 Å². The van der Waals surface area contributed by atoms with Gasteiger partial charge in [0.2, 0.25) is 0 Å². The maximum absolute atomic E-state index is 13.3. The SMILES string of the molecule is Cc1ccc(N)cc1C(=O)NCc1ccc(OC(C)C)cc1C(F)(F)F. The number of nitrogens with two attached hydrogens (primary N) is 1. The Morgan fingerprint density at radius 3 is 2.50 bits per heavy atom. The van der Waals surface area contributed by atoms with Crippen molar-refractivity contribution in [2.45, 2.75) is 39.6 Å². The molecule has 7 heteroatoms. The Labute approximate surface area is 150 Å². The van der Waals surface area contributed by atoms with Gasteiger partial charge in [-0.2, -0.15) is 13.2 Å². The summed E-state index contributed by atoms with van der Waals surface area (Å²) in [5.41, 5.74) is 6.23. The van der Waals surface area contributed by atoms with Gasteiger partial charge in [-0.1, -0.05) is 12.1 Å². The fourth-order valence-electron chi connectivity index (χ4n) is 2.47. The first-order valence-corrected chi connectivity index (χ1v) is 8.09. The molecule has 0 saturated heterocycles. The van der Waals surface area contributed by atoms with Gasteiger partial charge in [0.1, 0.15) is 5.75 Å². The van der Waals surface area contributed by atoms with Crippen LogP contribution in [0.3, 0.4) is 0 Å². The van der Waals surface area contributed by atoms with Gasteiger partial charge in [0.15, 0.2) is 0 Å². The molecule has 140 valence electrons. The summed E-state index contributed by atoms with van der Waals surface area (Å²) in [6.07, 6.45) is -4.79. The largest absolute Gasteiger partial charge is 0.491 e. The minimum Gasteiger partial charge on any atom is -0.491 e. The second kappa shape index (κ2) is 7.68. The topological polar surface area (TPSA) is 64.4 Å². The first kappa shape index (κ1) is 19.6. The number of nitrogens with one attached hydrogen (secondary N) is 1. The molecule has 0 fully saturated rings. The molecule has 0 atom stereocenters. The van der Waals surface area contributed by atoms with Gasteiger partial charge in [0.05, 0.1) is 11.7 Å². The van der Waals surface area contributed by atoms with Gasteiger partial charge in [0, 0.05) is 17.8 Å². The maximum Gasteiger partial charge on any atom is 0.416 e. The number of halogens is 3. The molecule has 0 aliphatic rings. The fourth-order valence-corrected chi connectivity index (χ4v) is 2.47. The van der Waals surface area contributed by atoms with Crippen molar-refractivity contribution >= 4 is 11.6 Å². The molecular weight excluding hydrogens is 345 g/mol. The van der Waals surface area contributed by atoms with E-state index in [1.807, 2.05) is 0 Å². The normalized spacial score (nSPS) is 11.5. The predicted octanol–water partition coefficient (Wildman–Crippen LogP) is 4.31. The molecule has 2 aromatic carbocycles. The molecule has 0 unspecified atom stereocenters. The van der Waals surface area contributed by atoms with Crippen LogP contribution in [0.2, 0.25) is 0 Å². The summed E-state index contributed by atoms with van der Waals surface area (Å²) in [7, 11) is 0. The van der Waals surface area contributed by atoms with Crippen molar-refractivity contribution in [1.82, 2.24) is 5.32 Å². The highest BCUT2D eigenvalue weighted by atomic mass is 19.4. The van der Waals surface area contributed by atoms with Gasteiger partial charge in [0.25, 0.3) is 5.91 Å². The van der Waals surface area contributed by atoms with Crippen LogP contribution in [-0.2, 0) is 12.7 Å². The maximum atomic E-state index is 13.3. The smallest absolute Gasteiger partial charge is 0.416 e. The molecule has 2 aromatic rings. The molecule has 2 rings (SSSR count). The van der Waals surface area contributed by atoms with Gasteiger partial charge in [-0.05, 0) is 56.2 Å². The lowest BCUT2D eigenvalue weighted by atomic mass is 10.0. The molecule has 4 nitrogen and oxygen atoms in total. The number of nitrogen functional groups attached to an aromatic ring is 1. The molecule has 26 heavy (non-hydrogen) atoms. The van der Waals surface area contributed by atoms with E-state index in [9.17, 15) is 18.0 Å². The van der Waals surface area contributed by atoms with E-state index < -0.39 is 17.6 Å². The zero-order chi connectivity index (χ0) is 19.5. The number of carbonyl (C=O) groups is 1. The number of alkyl halides is 3. The molecule has 1 amide bonds. The lowest BCUT2D eigenvalue weighted by molar-refractivity contribution is -0.138. The molecule has 0 heterocycles. The quantitative estimate of drug-likeness (QED) is 0.775. The summed E-state index contributed by atoms with van der Waals surface area (Å²) in [5.74, 6) is -0.348. The summed E-state index contributed by atoms with van der Waals surface area (Å²) in [6.45, 7) is 4.93. The Hall–Kier alpha value is -2.70. The summed E-state index contributed by atoms with van der Waals surface area (Å²) in [6, 6.07) is 8.56. The third kappa shape index (κ3) is 4.91. The van der Waals surface area contributed by atoms with Crippen molar-refractivity contribution in [3.05, 3.63) is 58.7 Å². The van der Waals surface area contributed by atoms with E-state index in [1.165, 1.54) is 18.2 Å². The predicted molar refractivity (Wildman–Crippen MR) is 94.0 cm³/mol. The lowest BCUT2D eigenvalue weighted by Gasteiger charge is -2.17. The summed E-state index contributed by atoms with van der Waals surface area (Å²) in [5, 5.41) is 2.52. The minimum atomic E-state index is -4.55. The van der Waals surface area contributed by atoms with E-state index in [-0.39, 0.29) is 24.0 Å². The van der Waals surface area contributed by atoms with Gasteiger partial charge >= 0.3 is 6.18 Å². The Kier molecular flexibility index (Phi) is 5.79. The third-order valence-corrected chi connectivity index (χ3v) is 3.70. The van der Waals surface area contributed by atoms with Crippen LogP contribution < -0.4 is 15.8 Å². The van der Waals surface area contributed by atoms with Crippen LogP contribution in [0.1, 0.15) is 40.9 Å². The van der Waals surface area contributed by atoms with Crippen LogP contribution in [0.5, 0.6) is 5.75 Å². The zero-order valence-corrected chi connectivity index (χ0v) is 14.8. The number of aryl methyl sites for hydroxylation is 1. The van der Waals surface area contributed by atoms with E-state index in [2.05, 4.69) is 5.32 Å². The average Bonchev–Trinajstić information content (AvgIpc) is 2.54. The molecule has 0 saturated carbocycles. The van der Waals surface area contributed by atoms with E-state index in [4.69, 9.17) is 10.5 Å². The number of anilines is 1. The molecule has 0 spiro atoms. The number of rotatable bonds is 5. The van der Waals surface area contributed by atoms with Crippen molar-refractivity contribution in [3.63, 3.8) is 0 Å². The molecule has 0 radical (unpaired) electrons. The van der Waals surface area contributed by atoms with Crippen LogP contribution >= 0.6 is 0 Å². The van der Waals surface area contributed by atoms with Crippen LogP contribution in [0.4, 0.5) is 18.9 Å². The van der Waals surface area contributed by atoms with Gasteiger partial charge < -0.3 is 15.8 Å². The zero-order valence-electron chi connectivity index (χ0n) is 14.8. The highest BCUT2D eigenvalue weighted by molar-refractivity contribution is 5.96. The first-order chi connectivity index (χ1) is 12.1. The number of ether oxygens (including phenoxy) is 1. The highest BCUT2D eigenvalue weighted by Gasteiger charge is 2.34. The second-order valence-corrected chi connectivity index (χ2v) is 6.24. The Morgan fingerprint density at radius 2 is 1.88 bits per heavy atom. The standard InChI is InChI=1S/C19H21F3N2O2/c1-11(2)26-15-7-5-13(17(9-15)19(20,21)22)10-24-18(25)16-8-14(23)6-4-12(16)3/h4-9,11H,10,23H2,1-3H3,(H,24,25). The second-order valence-electron chi connectivity index (χ2n) is 6.24. The molecule has 0 bridgehead atoms. The number of hydrogen-bond donors (Lipinski definition) is 2. The van der Waals surface area contributed by atoms with Crippen molar-refractivity contribution in [3.8, 4) is 5.75 Å². The third-order valence-electron chi connectivity index (χ3n) is 3.70. The molecular formula is C19H21F3N2O2. The highest BCUT2D eigenvalue weighted by Crippen LogP contribution is 2.34. The van der Waals surface area contributed by atoms with Crippen molar-refractivity contribution in [1.29, 1.82) is 0 Å². The summed E-state index contributed by atoms with van der Waals surface area (Å²) in [4.78, 5) is 12.3. The van der Waals surface area contributed by atoms with Gasteiger partial charge in [-0.3, -0.25) is 4.79 Å². The van der Waals surface area contributed by atoms with E-state index in [0.717, 1.165) is 6.07 Å². The Morgan fingerprint density at radius 1 is 1.19 bits per heavy atom. The molecule has 3 N–H and O–H groups in total. The number of benzene rings is 2. The number of carbonyl (C=O) groups excluding carboxylic acids is 1. The summed E-state index contributed by atoms with van der Waals surface area (Å²) >= 11 is 0. The summed E-state index contributed by atoms with van der Waals surface area (Å²) < 4.78 is 45.4. The van der Waals surface area contributed by atoms with Gasteiger partial charge in [-0.15, -0.1) is 0 Å². The Balaban J connectivity index is 2.23. The monoisotopic (exact) mass is 366 g/mol. The number of hydrogen-bond acceptors (Lipinski definition) is 3. The Bertz CT molecular complexity index is 802. The van der Waals surface area contributed by atoms with E-state index >= 15 is 0 Å². The van der Waals surface area contributed by atoms with E-state index in [0.29, 0.717) is 16.8 Å². The lowest BCUT2D eigenvalue weighted by Crippen LogP contribution is -2.25. The van der Waals surface area contributed by atoms with Crippen LogP contribution in [0.25, 0.3) is 0 Å².